The first-order chi connectivity index (χ1) is 9.29. The Morgan fingerprint density at radius 2 is 2.00 bits per heavy atom. The molecular weight excluding hydrogens is 240 g/mol. The van der Waals surface area contributed by atoms with E-state index in [1.54, 1.807) is 24.7 Å². The molecule has 0 bridgehead atoms. The molecule has 0 saturated heterocycles. The third-order valence-electron chi connectivity index (χ3n) is 2.58. The fourth-order valence-corrected chi connectivity index (χ4v) is 1.64. The Kier molecular flexibility index (Phi) is 4.44. The molecule has 2 heterocycles. The first-order valence-corrected chi connectivity index (χ1v) is 6.16. The lowest BCUT2D eigenvalue weighted by Crippen LogP contribution is -2.23. The number of rotatable bonds is 5. The molecule has 0 radical (unpaired) electrons. The highest BCUT2D eigenvalue weighted by molar-refractivity contribution is 5.93. The second-order valence-electron chi connectivity index (χ2n) is 4.00. The van der Waals surface area contributed by atoms with Crippen LogP contribution in [0.15, 0.2) is 42.9 Å². The lowest BCUT2D eigenvalue weighted by Gasteiger charge is -2.07. The van der Waals surface area contributed by atoms with Gasteiger partial charge in [0, 0.05) is 37.4 Å². The molecule has 0 aromatic carbocycles. The number of anilines is 1. The molecule has 0 aliphatic rings. The van der Waals surface area contributed by atoms with Gasteiger partial charge in [-0.15, -0.1) is 0 Å². The molecule has 0 aliphatic heterocycles. The number of nitrogens with zero attached hydrogens (tertiary/aromatic N) is 2. The Morgan fingerprint density at radius 1 is 1.21 bits per heavy atom. The second kappa shape index (κ2) is 6.49. The third kappa shape index (κ3) is 3.77. The molecule has 0 aliphatic carbocycles. The molecule has 19 heavy (non-hydrogen) atoms. The summed E-state index contributed by atoms with van der Waals surface area (Å²) in [6.07, 6.45) is 5.02. The normalized spacial score (nSPS) is 9.95. The van der Waals surface area contributed by atoms with Crippen molar-refractivity contribution in [3.8, 4) is 0 Å². The van der Waals surface area contributed by atoms with Gasteiger partial charge in [0.15, 0.2) is 0 Å². The standard InChI is InChI=1S/C14H16N4O/c1-2-16-12-5-8-17-13(9-12)14(19)18-10-11-3-6-15-7-4-11/h3-9H,2,10H2,1H3,(H,16,17)(H,18,19). The van der Waals surface area contributed by atoms with E-state index in [-0.39, 0.29) is 5.91 Å². The van der Waals surface area contributed by atoms with Crippen LogP contribution in [0, 0.1) is 0 Å². The van der Waals surface area contributed by atoms with Crippen LogP contribution < -0.4 is 10.6 Å². The number of hydrogen-bond donors (Lipinski definition) is 2. The molecule has 2 N–H and O–H groups in total. The zero-order chi connectivity index (χ0) is 13.5. The molecule has 0 unspecified atom stereocenters. The van der Waals surface area contributed by atoms with E-state index in [2.05, 4.69) is 20.6 Å². The van der Waals surface area contributed by atoms with Crippen LogP contribution >= 0.6 is 0 Å². The predicted octanol–water partition coefficient (Wildman–Crippen LogP) is 1.84. The fourth-order valence-electron chi connectivity index (χ4n) is 1.64. The van der Waals surface area contributed by atoms with Crippen LogP contribution in [-0.2, 0) is 6.54 Å². The highest BCUT2D eigenvalue weighted by Gasteiger charge is 2.07. The van der Waals surface area contributed by atoms with Crippen molar-refractivity contribution in [2.45, 2.75) is 13.5 Å². The van der Waals surface area contributed by atoms with Crippen LogP contribution in [0.3, 0.4) is 0 Å². The van der Waals surface area contributed by atoms with Crippen molar-refractivity contribution in [2.24, 2.45) is 0 Å². The summed E-state index contributed by atoms with van der Waals surface area (Å²) in [5.41, 5.74) is 2.31. The van der Waals surface area contributed by atoms with Crippen molar-refractivity contribution in [1.82, 2.24) is 15.3 Å². The van der Waals surface area contributed by atoms with Crippen molar-refractivity contribution < 1.29 is 4.79 Å². The highest BCUT2D eigenvalue weighted by atomic mass is 16.1. The van der Waals surface area contributed by atoms with Crippen molar-refractivity contribution in [3.63, 3.8) is 0 Å². The summed E-state index contributed by atoms with van der Waals surface area (Å²) >= 11 is 0. The van der Waals surface area contributed by atoms with E-state index in [0.717, 1.165) is 17.8 Å². The molecule has 0 atom stereocenters. The first kappa shape index (κ1) is 13.0. The lowest BCUT2D eigenvalue weighted by atomic mass is 10.2. The predicted molar refractivity (Wildman–Crippen MR) is 73.8 cm³/mol. The monoisotopic (exact) mass is 256 g/mol. The summed E-state index contributed by atoms with van der Waals surface area (Å²) in [7, 11) is 0. The Labute approximate surface area is 112 Å². The van der Waals surface area contributed by atoms with E-state index >= 15 is 0 Å². The summed E-state index contributed by atoms with van der Waals surface area (Å²) in [4.78, 5) is 20.0. The molecule has 2 rings (SSSR count). The van der Waals surface area contributed by atoms with Gasteiger partial charge < -0.3 is 10.6 Å². The van der Waals surface area contributed by atoms with E-state index in [9.17, 15) is 4.79 Å². The number of amides is 1. The maximum atomic E-state index is 12.0. The molecule has 5 nitrogen and oxygen atoms in total. The zero-order valence-electron chi connectivity index (χ0n) is 10.8. The van der Waals surface area contributed by atoms with E-state index in [1.165, 1.54) is 0 Å². The van der Waals surface area contributed by atoms with Gasteiger partial charge in [-0.1, -0.05) is 0 Å². The SMILES string of the molecule is CCNc1ccnc(C(=O)NCc2ccncc2)c1. The summed E-state index contributed by atoms with van der Waals surface area (Å²) in [6, 6.07) is 7.31. The van der Waals surface area contributed by atoms with Crippen molar-refractivity contribution in [3.05, 3.63) is 54.1 Å². The maximum absolute atomic E-state index is 12.0. The molecule has 1 amide bonds. The minimum atomic E-state index is -0.184. The van der Waals surface area contributed by atoms with Crippen molar-refractivity contribution in [2.75, 3.05) is 11.9 Å². The van der Waals surface area contributed by atoms with E-state index in [0.29, 0.717) is 12.2 Å². The Balaban J connectivity index is 1.98. The first-order valence-electron chi connectivity index (χ1n) is 6.16. The van der Waals surface area contributed by atoms with Crippen LogP contribution in [-0.4, -0.2) is 22.4 Å². The molecule has 0 saturated carbocycles. The van der Waals surface area contributed by atoms with Gasteiger partial charge in [-0.2, -0.15) is 0 Å². The Hall–Kier alpha value is -2.43. The molecule has 0 fully saturated rings. The average Bonchev–Trinajstić information content (AvgIpc) is 2.46. The Morgan fingerprint density at radius 3 is 2.74 bits per heavy atom. The summed E-state index contributed by atoms with van der Waals surface area (Å²) in [5, 5.41) is 5.98. The summed E-state index contributed by atoms with van der Waals surface area (Å²) in [6.45, 7) is 3.28. The number of carbonyl (C=O) groups is 1. The van der Waals surface area contributed by atoms with Gasteiger partial charge in [-0.25, -0.2) is 0 Å². The minimum Gasteiger partial charge on any atom is -0.385 e. The van der Waals surface area contributed by atoms with Crippen LogP contribution in [0.1, 0.15) is 23.0 Å². The minimum absolute atomic E-state index is 0.184. The van der Waals surface area contributed by atoms with Crippen LogP contribution in [0.25, 0.3) is 0 Å². The van der Waals surface area contributed by atoms with Gasteiger partial charge in [0.05, 0.1) is 0 Å². The average molecular weight is 256 g/mol. The van der Waals surface area contributed by atoms with Crippen molar-refractivity contribution in [1.29, 1.82) is 0 Å². The highest BCUT2D eigenvalue weighted by Crippen LogP contribution is 2.07. The number of hydrogen-bond acceptors (Lipinski definition) is 4. The van der Waals surface area contributed by atoms with E-state index in [4.69, 9.17) is 0 Å². The van der Waals surface area contributed by atoms with Gasteiger partial charge in [-0.05, 0) is 36.8 Å². The fraction of sp³-hybridized carbons (Fsp3) is 0.214. The molecule has 0 spiro atoms. The Bertz CT molecular complexity index is 542. The van der Waals surface area contributed by atoms with Gasteiger partial charge >= 0.3 is 0 Å². The van der Waals surface area contributed by atoms with Gasteiger partial charge in [0.1, 0.15) is 5.69 Å². The summed E-state index contributed by atoms with van der Waals surface area (Å²) < 4.78 is 0. The molecule has 2 aromatic rings. The quantitative estimate of drug-likeness (QED) is 0.856. The third-order valence-corrected chi connectivity index (χ3v) is 2.58. The number of pyridine rings is 2. The number of aromatic nitrogens is 2. The maximum Gasteiger partial charge on any atom is 0.270 e. The lowest BCUT2D eigenvalue weighted by molar-refractivity contribution is 0.0946. The van der Waals surface area contributed by atoms with Gasteiger partial charge in [0.2, 0.25) is 0 Å². The number of carbonyl (C=O) groups excluding carboxylic acids is 1. The molecule has 2 aromatic heterocycles. The van der Waals surface area contributed by atoms with Crippen LogP contribution in [0.2, 0.25) is 0 Å². The molecule has 5 heteroatoms. The zero-order valence-corrected chi connectivity index (χ0v) is 10.8. The molecule has 98 valence electrons. The summed E-state index contributed by atoms with van der Waals surface area (Å²) in [5.74, 6) is -0.184. The smallest absolute Gasteiger partial charge is 0.270 e. The van der Waals surface area contributed by atoms with E-state index < -0.39 is 0 Å². The van der Waals surface area contributed by atoms with Crippen molar-refractivity contribution >= 4 is 11.6 Å². The molecular formula is C14H16N4O. The largest absolute Gasteiger partial charge is 0.385 e. The van der Waals surface area contributed by atoms with E-state index in [1.807, 2.05) is 25.1 Å². The van der Waals surface area contributed by atoms with Crippen LogP contribution in [0.5, 0.6) is 0 Å². The second-order valence-corrected chi connectivity index (χ2v) is 4.00. The van der Waals surface area contributed by atoms with Gasteiger partial charge in [-0.3, -0.25) is 14.8 Å². The topological polar surface area (TPSA) is 66.9 Å². The number of nitrogens with one attached hydrogen (secondary N) is 2. The van der Waals surface area contributed by atoms with Gasteiger partial charge in [0.25, 0.3) is 5.91 Å². The van der Waals surface area contributed by atoms with Crippen LogP contribution in [0.4, 0.5) is 5.69 Å².